The van der Waals surface area contributed by atoms with E-state index in [1.54, 1.807) is 20.0 Å². The molecule has 1 aromatic carbocycles. The Morgan fingerprint density at radius 2 is 1.87 bits per heavy atom. The maximum absolute atomic E-state index is 12.1. The van der Waals surface area contributed by atoms with E-state index < -0.39 is 12.0 Å². The van der Waals surface area contributed by atoms with Crippen molar-refractivity contribution in [3.63, 3.8) is 0 Å². The number of hydrogen-bond donors (Lipinski definition) is 1. The van der Waals surface area contributed by atoms with Crippen LogP contribution >= 0.6 is 0 Å². The summed E-state index contributed by atoms with van der Waals surface area (Å²) in [6, 6.07) is 4.06. The molecule has 1 N–H and O–H groups in total. The lowest BCUT2D eigenvalue weighted by Gasteiger charge is -2.08. The van der Waals surface area contributed by atoms with Crippen LogP contribution < -0.4 is 5.32 Å². The van der Waals surface area contributed by atoms with Crippen LogP contribution in [0, 0.1) is 6.92 Å². The zero-order chi connectivity index (χ0) is 11.6. The van der Waals surface area contributed by atoms with E-state index in [9.17, 15) is 18.0 Å². The van der Waals surface area contributed by atoms with E-state index in [1.807, 2.05) is 0 Å². The summed E-state index contributed by atoms with van der Waals surface area (Å²) in [5, 5.41) is 2.69. The molecule has 82 valence electrons. The van der Waals surface area contributed by atoms with E-state index in [4.69, 9.17) is 0 Å². The zero-order valence-electron chi connectivity index (χ0n) is 8.27. The van der Waals surface area contributed by atoms with Gasteiger partial charge >= 0.3 is 6.18 Å². The first-order chi connectivity index (χ1) is 6.84. The van der Waals surface area contributed by atoms with Crippen LogP contribution in [0.1, 0.15) is 15.9 Å². The van der Waals surface area contributed by atoms with Crippen LogP contribution in [0.15, 0.2) is 18.2 Å². The van der Waals surface area contributed by atoms with Gasteiger partial charge in [-0.25, -0.2) is 0 Å². The number of benzene rings is 1. The Bertz CT molecular complexity index is 385. The number of carbonyl (C=O) groups is 1. The summed E-state index contributed by atoms with van der Waals surface area (Å²) in [6.45, 7) is 1.63. The van der Waals surface area contributed by atoms with E-state index >= 15 is 0 Å². The van der Waals surface area contributed by atoms with Gasteiger partial charge in [-0.15, -0.1) is 0 Å². The number of aryl methyl sites for hydroxylation is 1. The van der Waals surface area contributed by atoms with Gasteiger partial charge in [-0.3, -0.25) is 4.79 Å². The molecule has 0 amide bonds. The summed E-state index contributed by atoms with van der Waals surface area (Å²) in [6.07, 6.45) is -4.82. The number of carbonyl (C=O) groups excluding carboxylic acids is 1. The third-order valence-corrected chi connectivity index (χ3v) is 1.89. The summed E-state index contributed by atoms with van der Waals surface area (Å²) in [5.74, 6) is -1.82. The monoisotopic (exact) mass is 217 g/mol. The van der Waals surface area contributed by atoms with E-state index in [0.29, 0.717) is 11.3 Å². The molecule has 0 aromatic heterocycles. The summed E-state index contributed by atoms with van der Waals surface area (Å²) >= 11 is 0. The molecular weight excluding hydrogens is 207 g/mol. The van der Waals surface area contributed by atoms with Crippen LogP contribution in [0.25, 0.3) is 0 Å². The highest BCUT2D eigenvalue weighted by Crippen LogP contribution is 2.24. The molecule has 0 aliphatic heterocycles. The molecule has 0 bridgehead atoms. The Balaban J connectivity index is 3.15. The van der Waals surface area contributed by atoms with Crippen LogP contribution in [-0.2, 0) is 0 Å². The van der Waals surface area contributed by atoms with E-state index in [-0.39, 0.29) is 5.56 Å². The maximum Gasteiger partial charge on any atom is 0.454 e. The standard InChI is InChI=1S/C10H10F3NO/c1-6-3-7(5-8(4-6)14-2)9(15)10(11,12)13/h3-5,14H,1-2H3. The molecule has 15 heavy (non-hydrogen) atoms. The number of hydrogen-bond acceptors (Lipinski definition) is 2. The summed E-state index contributed by atoms with van der Waals surface area (Å²) in [7, 11) is 1.58. The van der Waals surface area contributed by atoms with Gasteiger partial charge in [-0.05, 0) is 30.7 Å². The fraction of sp³-hybridized carbons (Fsp3) is 0.300. The van der Waals surface area contributed by atoms with Gasteiger partial charge in [0.1, 0.15) is 0 Å². The lowest BCUT2D eigenvalue weighted by molar-refractivity contribution is -0.0885. The third-order valence-electron chi connectivity index (χ3n) is 1.89. The van der Waals surface area contributed by atoms with Gasteiger partial charge in [0, 0.05) is 18.3 Å². The molecule has 0 radical (unpaired) electrons. The van der Waals surface area contributed by atoms with Crippen molar-refractivity contribution in [3.8, 4) is 0 Å². The highest BCUT2D eigenvalue weighted by atomic mass is 19.4. The quantitative estimate of drug-likeness (QED) is 0.772. The molecule has 0 unspecified atom stereocenters. The average Bonchev–Trinajstić information content (AvgIpc) is 2.14. The van der Waals surface area contributed by atoms with Crippen LogP contribution in [0.2, 0.25) is 0 Å². The van der Waals surface area contributed by atoms with E-state index in [1.165, 1.54) is 12.1 Å². The molecule has 2 nitrogen and oxygen atoms in total. The molecule has 1 aromatic rings. The van der Waals surface area contributed by atoms with E-state index in [0.717, 1.165) is 0 Å². The number of halogens is 3. The largest absolute Gasteiger partial charge is 0.454 e. The minimum atomic E-state index is -4.82. The predicted molar refractivity (Wildman–Crippen MR) is 51.1 cm³/mol. The molecule has 0 atom stereocenters. The van der Waals surface area contributed by atoms with Crippen molar-refractivity contribution >= 4 is 11.5 Å². The fourth-order valence-corrected chi connectivity index (χ4v) is 1.22. The molecule has 0 saturated carbocycles. The second-order valence-corrected chi connectivity index (χ2v) is 3.16. The van der Waals surface area contributed by atoms with Crippen molar-refractivity contribution in [2.45, 2.75) is 13.1 Å². The number of anilines is 1. The van der Waals surface area contributed by atoms with Crippen molar-refractivity contribution < 1.29 is 18.0 Å². The summed E-state index contributed by atoms with van der Waals surface area (Å²) < 4.78 is 36.4. The van der Waals surface area contributed by atoms with Crippen molar-refractivity contribution in [3.05, 3.63) is 29.3 Å². The molecule has 5 heteroatoms. The molecule has 0 aliphatic rings. The molecule has 1 rings (SSSR count). The molecule has 0 aliphatic carbocycles. The first-order valence-corrected chi connectivity index (χ1v) is 4.25. The number of rotatable bonds is 2. The number of ketones is 1. The van der Waals surface area contributed by atoms with Crippen molar-refractivity contribution in [1.82, 2.24) is 0 Å². The average molecular weight is 217 g/mol. The Kier molecular flexibility index (Phi) is 3.02. The molecule has 0 heterocycles. The van der Waals surface area contributed by atoms with Gasteiger partial charge in [-0.2, -0.15) is 13.2 Å². The molecule has 0 saturated heterocycles. The van der Waals surface area contributed by atoms with Crippen LogP contribution in [0.4, 0.5) is 18.9 Å². The second kappa shape index (κ2) is 3.92. The number of Topliss-reactive ketones (excluding diaryl/α,β-unsaturated/α-hetero) is 1. The smallest absolute Gasteiger partial charge is 0.388 e. The van der Waals surface area contributed by atoms with Crippen molar-refractivity contribution in [2.24, 2.45) is 0 Å². The Morgan fingerprint density at radius 3 is 2.33 bits per heavy atom. The first-order valence-electron chi connectivity index (χ1n) is 4.25. The van der Waals surface area contributed by atoms with Crippen LogP contribution in [0.5, 0.6) is 0 Å². The normalized spacial score (nSPS) is 11.3. The van der Waals surface area contributed by atoms with Crippen molar-refractivity contribution in [1.29, 1.82) is 0 Å². The zero-order valence-corrected chi connectivity index (χ0v) is 8.27. The number of alkyl halides is 3. The number of nitrogens with one attached hydrogen (secondary N) is 1. The lowest BCUT2D eigenvalue weighted by Crippen LogP contribution is -2.22. The Labute approximate surface area is 85.1 Å². The topological polar surface area (TPSA) is 29.1 Å². The minimum absolute atomic E-state index is 0.341. The molecule has 0 spiro atoms. The molecule has 0 fully saturated rings. The molecular formula is C10H10F3NO. The van der Waals surface area contributed by atoms with E-state index in [2.05, 4.69) is 5.32 Å². The summed E-state index contributed by atoms with van der Waals surface area (Å²) in [4.78, 5) is 10.9. The Morgan fingerprint density at radius 1 is 1.27 bits per heavy atom. The minimum Gasteiger partial charge on any atom is -0.388 e. The second-order valence-electron chi connectivity index (χ2n) is 3.16. The van der Waals surface area contributed by atoms with Gasteiger partial charge in [0.15, 0.2) is 0 Å². The van der Waals surface area contributed by atoms with Gasteiger partial charge in [0.2, 0.25) is 0 Å². The SMILES string of the molecule is CNc1cc(C)cc(C(=O)C(F)(F)F)c1. The van der Waals surface area contributed by atoms with Gasteiger partial charge in [-0.1, -0.05) is 0 Å². The predicted octanol–water partition coefficient (Wildman–Crippen LogP) is 2.78. The fourth-order valence-electron chi connectivity index (χ4n) is 1.22. The van der Waals surface area contributed by atoms with Crippen LogP contribution in [-0.4, -0.2) is 19.0 Å². The van der Waals surface area contributed by atoms with Gasteiger partial charge in [0.05, 0.1) is 0 Å². The lowest BCUT2D eigenvalue weighted by atomic mass is 10.1. The Hall–Kier alpha value is -1.52. The first kappa shape index (κ1) is 11.6. The highest BCUT2D eigenvalue weighted by molar-refractivity contribution is 6.01. The van der Waals surface area contributed by atoms with Gasteiger partial charge < -0.3 is 5.32 Å². The van der Waals surface area contributed by atoms with Crippen LogP contribution in [0.3, 0.4) is 0 Å². The summed E-state index contributed by atoms with van der Waals surface area (Å²) in [5.41, 5.74) is 0.754. The maximum atomic E-state index is 12.1. The highest BCUT2D eigenvalue weighted by Gasteiger charge is 2.39. The van der Waals surface area contributed by atoms with Gasteiger partial charge in [0.25, 0.3) is 5.78 Å². The van der Waals surface area contributed by atoms with Crippen molar-refractivity contribution in [2.75, 3.05) is 12.4 Å². The third kappa shape index (κ3) is 2.71.